The number of aryl methyl sites for hydroxylation is 1. The predicted octanol–water partition coefficient (Wildman–Crippen LogP) is 1.82. The summed E-state index contributed by atoms with van der Waals surface area (Å²) in [6.45, 7) is 2.16. The van der Waals surface area contributed by atoms with Crippen molar-refractivity contribution in [1.29, 1.82) is 0 Å². The molecule has 22 heavy (non-hydrogen) atoms. The maximum Gasteiger partial charge on any atom is 0.308 e. The molecule has 1 aromatic rings. The Morgan fingerprint density at radius 2 is 1.86 bits per heavy atom. The van der Waals surface area contributed by atoms with Crippen molar-refractivity contribution in [1.82, 2.24) is 5.32 Å². The molecule has 1 saturated carbocycles. The van der Waals surface area contributed by atoms with Gasteiger partial charge in [-0.05, 0) is 44.7 Å². The van der Waals surface area contributed by atoms with Gasteiger partial charge in [0.1, 0.15) is 0 Å². The molecular formula is C17H23NO4. The highest BCUT2D eigenvalue weighted by Gasteiger charge is 2.36. The Balaban J connectivity index is 1.85. The number of carbonyl (C=O) groups is 2. The lowest BCUT2D eigenvalue weighted by Gasteiger charge is -2.35. The zero-order valence-corrected chi connectivity index (χ0v) is 13.1. The molecule has 120 valence electrons. The molecule has 0 bridgehead atoms. The summed E-state index contributed by atoms with van der Waals surface area (Å²) >= 11 is 0. The second kappa shape index (κ2) is 6.92. The second-order valence-electron chi connectivity index (χ2n) is 6.07. The van der Waals surface area contributed by atoms with Crippen LogP contribution in [0.15, 0.2) is 24.3 Å². The van der Waals surface area contributed by atoms with Crippen LogP contribution in [0.5, 0.6) is 0 Å². The number of amides is 1. The maximum atomic E-state index is 12.1. The van der Waals surface area contributed by atoms with Gasteiger partial charge in [-0.15, -0.1) is 0 Å². The first-order valence-corrected chi connectivity index (χ1v) is 7.58. The highest BCUT2D eigenvalue weighted by Crippen LogP contribution is 2.32. The molecule has 1 amide bonds. The Kier molecular flexibility index (Phi) is 5.19. The van der Waals surface area contributed by atoms with Crippen molar-refractivity contribution in [3.05, 3.63) is 35.4 Å². The van der Waals surface area contributed by atoms with Crippen LogP contribution in [-0.2, 0) is 9.53 Å². The average Bonchev–Trinajstić information content (AvgIpc) is 2.53. The first kappa shape index (κ1) is 16.5. The third kappa shape index (κ3) is 4.07. The lowest BCUT2D eigenvalue weighted by Crippen LogP contribution is -2.46. The van der Waals surface area contributed by atoms with Crippen LogP contribution < -0.4 is 5.32 Å². The summed E-state index contributed by atoms with van der Waals surface area (Å²) in [6.07, 6.45) is 2.15. The van der Waals surface area contributed by atoms with Gasteiger partial charge in [-0.2, -0.15) is 0 Å². The SMILES string of the molecule is COC(=O)C1CCC(O)(CNC(=O)c2ccc(C)cc2)CC1. The summed E-state index contributed by atoms with van der Waals surface area (Å²) in [5.74, 6) is -0.549. The molecule has 1 aliphatic carbocycles. The first-order valence-electron chi connectivity index (χ1n) is 7.58. The highest BCUT2D eigenvalue weighted by molar-refractivity contribution is 5.94. The van der Waals surface area contributed by atoms with Gasteiger partial charge < -0.3 is 15.2 Å². The zero-order chi connectivity index (χ0) is 16.2. The van der Waals surface area contributed by atoms with Crippen LogP contribution in [0.2, 0.25) is 0 Å². The third-order valence-electron chi connectivity index (χ3n) is 4.34. The van der Waals surface area contributed by atoms with Crippen molar-refractivity contribution in [2.45, 2.75) is 38.2 Å². The fraction of sp³-hybridized carbons (Fsp3) is 0.529. The largest absolute Gasteiger partial charge is 0.469 e. The number of aliphatic hydroxyl groups is 1. The molecule has 5 heteroatoms. The number of hydrogen-bond donors (Lipinski definition) is 2. The number of rotatable bonds is 4. The van der Waals surface area contributed by atoms with Gasteiger partial charge in [0.2, 0.25) is 0 Å². The summed E-state index contributed by atoms with van der Waals surface area (Å²) in [5, 5.41) is 13.3. The summed E-state index contributed by atoms with van der Waals surface area (Å²) < 4.78 is 4.73. The minimum Gasteiger partial charge on any atom is -0.469 e. The van der Waals surface area contributed by atoms with Gasteiger partial charge in [-0.25, -0.2) is 0 Å². The Morgan fingerprint density at radius 3 is 2.41 bits per heavy atom. The van der Waals surface area contributed by atoms with Crippen molar-refractivity contribution in [2.24, 2.45) is 5.92 Å². The van der Waals surface area contributed by atoms with Crippen molar-refractivity contribution in [3.63, 3.8) is 0 Å². The number of benzene rings is 1. The molecule has 0 aromatic heterocycles. The lowest BCUT2D eigenvalue weighted by atomic mass is 9.78. The van der Waals surface area contributed by atoms with Gasteiger partial charge in [0.15, 0.2) is 0 Å². The molecule has 0 aliphatic heterocycles. The molecule has 0 unspecified atom stereocenters. The number of hydrogen-bond acceptors (Lipinski definition) is 4. The number of ether oxygens (including phenoxy) is 1. The van der Waals surface area contributed by atoms with Gasteiger partial charge >= 0.3 is 5.97 Å². The molecule has 0 spiro atoms. The van der Waals surface area contributed by atoms with Crippen LogP contribution in [0.1, 0.15) is 41.6 Å². The van der Waals surface area contributed by atoms with Crippen LogP contribution in [0.3, 0.4) is 0 Å². The third-order valence-corrected chi connectivity index (χ3v) is 4.34. The molecule has 0 atom stereocenters. The standard InChI is InChI=1S/C17H23NO4/c1-12-3-5-13(6-4-12)15(19)18-11-17(21)9-7-14(8-10-17)16(20)22-2/h3-6,14,21H,7-11H2,1-2H3,(H,18,19). The summed E-state index contributed by atoms with van der Waals surface area (Å²) in [7, 11) is 1.38. The van der Waals surface area contributed by atoms with E-state index in [-0.39, 0.29) is 24.3 Å². The van der Waals surface area contributed by atoms with E-state index >= 15 is 0 Å². The molecule has 0 heterocycles. The number of carbonyl (C=O) groups excluding carboxylic acids is 2. The molecule has 2 N–H and O–H groups in total. The Hall–Kier alpha value is -1.88. The van der Waals surface area contributed by atoms with E-state index in [2.05, 4.69) is 5.32 Å². The van der Waals surface area contributed by atoms with E-state index in [1.54, 1.807) is 12.1 Å². The van der Waals surface area contributed by atoms with Gasteiger partial charge in [0, 0.05) is 12.1 Å². The van der Waals surface area contributed by atoms with E-state index in [0.29, 0.717) is 31.2 Å². The summed E-state index contributed by atoms with van der Waals surface area (Å²) in [6, 6.07) is 7.29. The quantitative estimate of drug-likeness (QED) is 0.832. The maximum absolute atomic E-state index is 12.1. The number of methoxy groups -OCH3 is 1. The molecule has 1 aromatic carbocycles. The van der Waals surface area contributed by atoms with Gasteiger partial charge in [-0.1, -0.05) is 17.7 Å². The van der Waals surface area contributed by atoms with E-state index in [0.717, 1.165) is 5.56 Å². The van der Waals surface area contributed by atoms with Crippen molar-refractivity contribution < 1.29 is 19.4 Å². The molecular weight excluding hydrogens is 282 g/mol. The lowest BCUT2D eigenvalue weighted by molar-refractivity contribution is -0.148. The molecule has 1 aliphatic rings. The Bertz CT molecular complexity index is 530. The van der Waals surface area contributed by atoms with E-state index in [1.165, 1.54) is 7.11 Å². The Labute approximate surface area is 130 Å². The number of nitrogens with one attached hydrogen (secondary N) is 1. The zero-order valence-electron chi connectivity index (χ0n) is 13.1. The fourth-order valence-electron chi connectivity index (χ4n) is 2.79. The predicted molar refractivity (Wildman–Crippen MR) is 82.4 cm³/mol. The van der Waals surface area contributed by atoms with Crippen LogP contribution >= 0.6 is 0 Å². The van der Waals surface area contributed by atoms with E-state index in [1.807, 2.05) is 19.1 Å². The minimum atomic E-state index is -0.940. The molecule has 0 radical (unpaired) electrons. The van der Waals surface area contributed by atoms with Crippen LogP contribution in [-0.4, -0.2) is 36.2 Å². The van der Waals surface area contributed by atoms with Crippen molar-refractivity contribution in [3.8, 4) is 0 Å². The molecule has 1 fully saturated rings. The smallest absolute Gasteiger partial charge is 0.308 e. The molecule has 2 rings (SSSR count). The van der Waals surface area contributed by atoms with Gasteiger partial charge in [0.25, 0.3) is 5.91 Å². The van der Waals surface area contributed by atoms with E-state index < -0.39 is 5.60 Å². The average molecular weight is 305 g/mol. The molecule has 5 nitrogen and oxygen atoms in total. The van der Waals surface area contributed by atoms with E-state index in [4.69, 9.17) is 4.74 Å². The summed E-state index contributed by atoms with van der Waals surface area (Å²) in [5.41, 5.74) is 0.735. The van der Waals surface area contributed by atoms with Crippen LogP contribution in [0.25, 0.3) is 0 Å². The van der Waals surface area contributed by atoms with Crippen molar-refractivity contribution >= 4 is 11.9 Å². The number of esters is 1. The van der Waals surface area contributed by atoms with Crippen molar-refractivity contribution in [2.75, 3.05) is 13.7 Å². The van der Waals surface area contributed by atoms with Crippen LogP contribution in [0.4, 0.5) is 0 Å². The molecule has 0 saturated heterocycles. The van der Waals surface area contributed by atoms with Gasteiger partial charge in [0.05, 0.1) is 18.6 Å². The van der Waals surface area contributed by atoms with Gasteiger partial charge in [-0.3, -0.25) is 9.59 Å². The fourth-order valence-corrected chi connectivity index (χ4v) is 2.79. The summed E-state index contributed by atoms with van der Waals surface area (Å²) in [4.78, 5) is 23.5. The van der Waals surface area contributed by atoms with Crippen LogP contribution in [0, 0.1) is 12.8 Å². The first-order chi connectivity index (χ1) is 10.4. The normalized spacial score (nSPS) is 24.6. The minimum absolute atomic E-state index is 0.141. The topological polar surface area (TPSA) is 75.6 Å². The highest BCUT2D eigenvalue weighted by atomic mass is 16.5. The monoisotopic (exact) mass is 305 g/mol. The Morgan fingerprint density at radius 1 is 1.27 bits per heavy atom. The van der Waals surface area contributed by atoms with E-state index in [9.17, 15) is 14.7 Å². The second-order valence-corrected chi connectivity index (χ2v) is 6.07.